The summed E-state index contributed by atoms with van der Waals surface area (Å²) < 4.78 is 11.3. The largest absolute Gasteiger partial charge is 0.444 e. The molecule has 1 aliphatic rings. The molecule has 1 saturated heterocycles. The van der Waals surface area contributed by atoms with E-state index < -0.39 is 5.60 Å². The number of amides is 1. The van der Waals surface area contributed by atoms with Gasteiger partial charge >= 0.3 is 6.09 Å². The number of nitrogens with one attached hydrogen (secondary N) is 2. The van der Waals surface area contributed by atoms with Crippen LogP contribution in [0, 0.1) is 5.92 Å². The summed E-state index contributed by atoms with van der Waals surface area (Å²) in [6.07, 6.45) is 3.59. The Bertz CT molecular complexity index is 715. The number of hydrogen-bond donors (Lipinski definition) is 2. The van der Waals surface area contributed by atoms with Gasteiger partial charge in [0.2, 0.25) is 5.89 Å². The first-order valence-corrected chi connectivity index (χ1v) is 10.9. The predicted molar refractivity (Wildman–Crippen MR) is 119 cm³/mol. The fourth-order valence-corrected chi connectivity index (χ4v) is 3.18. The highest BCUT2D eigenvalue weighted by Crippen LogP contribution is 2.23. The maximum absolute atomic E-state index is 12.4. The molecule has 1 atom stereocenters. The lowest BCUT2D eigenvalue weighted by Gasteiger charge is -2.34. The van der Waals surface area contributed by atoms with Crippen LogP contribution >= 0.6 is 0 Å². The Kier molecular flexibility index (Phi) is 8.15. The maximum atomic E-state index is 12.4. The van der Waals surface area contributed by atoms with E-state index >= 15 is 0 Å². The highest BCUT2D eigenvalue weighted by atomic mass is 16.6. The van der Waals surface area contributed by atoms with Gasteiger partial charge in [-0.25, -0.2) is 14.8 Å². The van der Waals surface area contributed by atoms with Crippen LogP contribution in [0.5, 0.6) is 0 Å². The van der Waals surface area contributed by atoms with Crippen molar-refractivity contribution in [3.63, 3.8) is 0 Å². The lowest BCUT2D eigenvalue weighted by atomic mass is 9.94. The predicted octanol–water partition coefficient (Wildman–Crippen LogP) is 3.67. The van der Waals surface area contributed by atoms with Gasteiger partial charge in [0.05, 0.1) is 6.20 Å². The van der Waals surface area contributed by atoms with E-state index in [-0.39, 0.29) is 11.5 Å². The minimum absolute atomic E-state index is 0.0707. The molecule has 2 N–H and O–H groups in total. The first kappa shape index (κ1) is 24.0. The van der Waals surface area contributed by atoms with Crippen molar-refractivity contribution in [1.29, 1.82) is 0 Å². The van der Waals surface area contributed by atoms with Gasteiger partial charge in [0.15, 0.2) is 5.96 Å². The molecular formula is C22H39N5O3. The van der Waals surface area contributed by atoms with E-state index in [1.165, 1.54) is 0 Å². The lowest BCUT2D eigenvalue weighted by molar-refractivity contribution is 0.0168. The number of guanidine groups is 1. The van der Waals surface area contributed by atoms with Crippen molar-refractivity contribution in [3.8, 4) is 0 Å². The molecule has 30 heavy (non-hydrogen) atoms. The van der Waals surface area contributed by atoms with E-state index in [4.69, 9.17) is 9.15 Å². The summed E-state index contributed by atoms with van der Waals surface area (Å²) >= 11 is 0. The van der Waals surface area contributed by atoms with Crippen molar-refractivity contribution in [2.24, 2.45) is 10.9 Å². The molecule has 170 valence electrons. The van der Waals surface area contributed by atoms with Crippen LogP contribution < -0.4 is 10.6 Å². The number of carbonyl (C=O) groups excluding carboxylic acids is 1. The molecule has 0 aliphatic carbocycles. The van der Waals surface area contributed by atoms with Gasteiger partial charge in [0.1, 0.15) is 17.9 Å². The number of carbonyl (C=O) groups is 1. The summed E-state index contributed by atoms with van der Waals surface area (Å²) in [7, 11) is 0. The third-order valence-electron chi connectivity index (χ3n) is 4.74. The summed E-state index contributed by atoms with van der Waals surface area (Å²) in [5.41, 5.74) is -0.543. The summed E-state index contributed by atoms with van der Waals surface area (Å²) in [5, 5.41) is 6.65. The molecule has 2 heterocycles. The Hall–Kier alpha value is -2.25. The smallest absolute Gasteiger partial charge is 0.410 e. The standard InChI is InChI=1S/C22H39N5O3/c1-8-23-19(26-14-18-24-13-17(29-18)21(2,3)4)25-12-16-10-9-11-27(15-16)20(28)30-22(5,6)7/h13,16H,8-12,14-15H2,1-7H3,(H2,23,25,26). The minimum atomic E-state index is -0.472. The average molecular weight is 422 g/mol. The number of oxazole rings is 1. The van der Waals surface area contributed by atoms with Gasteiger partial charge in [0, 0.05) is 31.6 Å². The zero-order valence-corrected chi connectivity index (χ0v) is 19.7. The van der Waals surface area contributed by atoms with Gasteiger partial charge in [-0.15, -0.1) is 0 Å². The second kappa shape index (κ2) is 10.2. The molecular weight excluding hydrogens is 382 g/mol. The highest BCUT2D eigenvalue weighted by Gasteiger charge is 2.27. The molecule has 0 aromatic carbocycles. The highest BCUT2D eigenvalue weighted by molar-refractivity contribution is 5.79. The molecule has 1 aromatic rings. The number of hydrogen-bond acceptors (Lipinski definition) is 5. The lowest BCUT2D eigenvalue weighted by Crippen LogP contribution is -2.47. The normalized spacial score (nSPS) is 18.3. The number of rotatable bonds is 5. The molecule has 0 saturated carbocycles. The molecule has 0 radical (unpaired) electrons. The fourth-order valence-electron chi connectivity index (χ4n) is 3.18. The SMILES string of the molecule is CCNC(=NCc1ncc(C(C)(C)C)o1)NCC1CCCN(C(=O)OC(C)(C)C)C1. The van der Waals surface area contributed by atoms with Crippen molar-refractivity contribution in [2.75, 3.05) is 26.2 Å². The van der Waals surface area contributed by atoms with Crippen LogP contribution in [0.3, 0.4) is 0 Å². The molecule has 1 aliphatic heterocycles. The zero-order chi connectivity index (χ0) is 22.4. The minimum Gasteiger partial charge on any atom is -0.444 e. The Morgan fingerprint density at radius 2 is 2.03 bits per heavy atom. The van der Waals surface area contributed by atoms with Crippen LogP contribution in [0.25, 0.3) is 0 Å². The monoisotopic (exact) mass is 421 g/mol. The molecule has 1 aromatic heterocycles. The maximum Gasteiger partial charge on any atom is 0.410 e. The second-order valence-electron chi connectivity index (χ2n) is 9.88. The molecule has 0 bridgehead atoms. The molecule has 1 amide bonds. The summed E-state index contributed by atoms with van der Waals surface area (Å²) in [6, 6.07) is 0. The van der Waals surface area contributed by atoms with Crippen molar-refractivity contribution >= 4 is 12.1 Å². The van der Waals surface area contributed by atoms with E-state index in [1.807, 2.05) is 32.6 Å². The third kappa shape index (κ3) is 7.88. The van der Waals surface area contributed by atoms with Crippen LogP contribution in [0.4, 0.5) is 4.79 Å². The first-order valence-electron chi connectivity index (χ1n) is 10.9. The quantitative estimate of drug-likeness (QED) is 0.557. The number of aliphatic imine (C=N–C) groups is 1. The molecule has 1 unspecified atom stereocenters. The number of ether oxygens (including phenoxy) is 1. The van der Waals surface area contributed by atoms with Crippen molar-refractivity contribution in [3.05, 3.63) is 17.8 Å². The number of likely N-dealkylation sites (tertiary alicyclic amines) is 1. The van der Waals surface area contributed by atoms with E-state index in [1.54, 1.807) is 6.20 Å². The van der Waals surface area contributed by atoms with E-state index in [2.05, 4.69) is 41.4 Å². The zero-order valence-electron chi connectivity index (χ0n) is 19.7. The Morgan fingerprint density at radius 1 is 1.30 bits per heavy atom. The molecule has 8 nitrogen and oxygen atoms in total. The van der Waals surface area contributed by atoms with Crippen molar-refractivity contribution in [1.82, 2.24) is 20.5 Å². The molecule has 0 spiro atoms. The molecule has 8 heteroatoms. The van der Waals surface area contributed by atoms with Crippen LogP contribution in [0.2, 0.25) is 0 Å². The van der Waals surface area contributed by atoms with Gasteiger partial charge in [-0.05, 0) is 46.5 Å². The second-order valence-corrected chi connectivity index (χ2v) is 9.88. The number of nitrogens with zero attached hydrogens (tertiary/aromatic N) is 3. The number of piperidine rings is 1. The van der Waals surface area contributed by atoms with Gasteiger partial charge in [-0.1, -0.05) is 20.8 Å². The summed E-state index contributed by atoms with van der Waals surface area (Å²) in [5.74, 6) is 2.53. The van der Waals surface area contributed by atoms with Gasteiger partial charge in [-0.2, -0.15) is 0 Å². The Morgan fingerprint density at radius 3 is 2.63 bits per heavy atom. The first-order chi connectivity index (χ1) is 14.0. The number of aromatic nitrogens is 1. The fraction of sp³-hybridized carbons (Fsp3) is 0.773. The Balaban J connectivity index is 1.89. The van der Waals surface area contributed by atoms with Crippen LogP contribution in [-0.4, -0.2) is 53.7 Å². The van der Waals surface area contributed by atoms with Crippen molar-refractivity contribution in [2.45, 2.75) is 78.9 Å². The molecule has 1 fully saturated rings. The third-order valence-corrected chi connectivity index (χ3v) is 4.74. The van der Waals surface area contributed by atoms with E-state index in [0.29, 0.717) is 24.9 Å². The summed E-state index contributed by atoms with van der Waals surface area (Å²) in [6.45, 7) is 17.3. The topological polar surface area (TPSA) is 92.0 Å². The van der Waals surface area contributed by atoms with Crippen LogP contribution in [0.15, 0.2) is 15.6 Å². The van der Waals surface area contributed by atoms with E-state index in [9.17, 15) is 4.79 Å². The van der Waals surface area contributed by atoms with Crippen LogP contribution in [-0.2, 0) is 16.7 Å². The van der Waals surface area contributed by atoms with Crippen LogP contribution in [0.1, 0.15) is 73.0 Å². The van der Waals surface area contributed by atoms with Gasteiger partial charge in [-0.3, -0.25) is 0 Å². The van der Waals surface area contributed by atoms with E-state index in [0.717, 1.165) is 44.2 Å². The average Bonchev–Trinajstić information content (AvgIpc) is 3.12. The molecule has 2 rings (SSSR count). The summed E-state index contributed by atoms with van der Waals surface area (Å²) in [4.78, 5) is 23.1. The van der Waals surface area contributed by atoms with Gasteiger partial charge < -0.3 is 24.7 Å². The Labute approximate surface area is 180 Å². The van der Waals surface area contributed by atoms with Gasteiger partial charge in [0.25, 0.3) is 0 Å². The van der Waals surface area contributed by atoms with Crippen molar-refractivity contribution < 1.29 is 13.9 Å².